The lowest BCUT2D eigenvalue weighted by Gasteiger charge is -2.09. The second kappa shape index (κ2) is 7.60. The molecule has 1 aromatic carbocycles. The van der Waals surface area contributed by atoms with Gasteiger partial charge in [-0.25, -0.2) is 4.98 Å². The predicted molar refractivity (Wildman–Crippen MR) is 91.5 cm³/mol. The number of hydrogen-bond acceptors (Lipinski definition) is 6. The summed E-state index contributed by atoms with van der Waals surface area (Å²) in [4.78, 5) is 16.4. The topological polar surface area (TPSA) is 81.9 Å². The van der Waals surface area contributed by atoms with Crippen LogP contribution in [0, 0.1) is 0 Å². The maximum atomic E-state index is 12.2. The Morgan fingerprint density at radius 1 is 1.25 bits per heavy atom. The summed E-state index contributed by atoms with van der Waals surface area (Å²) >= 11 is 1.29. The molecule has 2 heterocycles. The number of anilines is 1. The van der Waals surface area contributed by atoms with Gasteiger partial charge in [-0.15, -0.1) is 10.2 Å². The van der Waals surface area contributed by atoms with Crippen LogP contribution in [0.2, 0.25) is 0 Å². The Hall–Kier alpha value is -2.87. The number of rotatable bonds is 6. The van der Waals surface area contributed by atoms with E-state index in [9.17, 15) is 4.79 Å². The largest absolute Gasteiger partial charge is 0.495 e. The molecule has 2 aromatic heterocycles. The Bertz CT molecular complexity index is 822. The number of amides is 1. The molecule has 0 saturated carbocycles. The zero-order valence-corrected chi connectivity index (χ0v) is 13.7. The number of nitrogens with zero attached hydrogens (tertiary/aromatic N) is 4. The number of nitrogens with one attached hydrogen (secondary N) is 1. The zero-order chi connectivity index (χ0) is 16.8. The minimum atomic E-state index is -0.153. The number of hydrogen-bond donors (Lipinski definition) is 1. The molecule has 0 radical (unpaired) electrons. The summed E-state index contributed by atoms with van der Waals surface area (Å²) in [7, 11) is 1.56. The molecule has 7 nitrogen and oxygen atoms in total. The predicted octanol–water partition coefficient (Wildman–Crippen LogP) is 2.40. The van der Waals surface area contributed by atoms with E-state index in [0.29, 0.717) is 22.4 Å². The monoisotopic (exact) mass is 341 g/mol. The molecule has 122 valence electrons. The van der Waals surface area contributed by atoms with Crippen LogP contribution >= 0.6 is 11.8 Å². The van der Waals surface area contributed by atoms with Crippen molar-refractivity contribution < 1.29 is 9.53 Å². The third-order valence-corrected chi connectivity index (χ3v) is 4.07. The maximum absolute atomic E-state index is 12.2. The Balaban J connectivity index is 1.64. The van der Waals surface area contributed by atoms with Gasteiger partial charge in [0.2, 0.25) is 5.91 Å². The lowest BCUT2D eigenvalue weighted by atomic mass is 10.3. The van der Waals surface area contributed by atoms with Crippen molar-refractivity contribution in [1.29, 1.82) is 0 Å². The van der Waals surface area contributed by atoms with Crippen molar-refractivity contribution >= 4 is 23.4 Å². The highest BCUT2D eigenvalue weighted by Gasteiger charge is 2.12. The van der Waals surface area contributed by atoms with Crippen LogP contribution < -0.4 is 10.1 Å². The molecule has 24 heavy (non-hydrogen) atoms. The molecule has 0 atom stereocenters. The van der Waals surface area contributed by atoms with Crippen LogP contribution in [0.5, 0.6) is 5.75 Å². The van der Waals surface area contributed by atoms with Crippen LogP contribution in [0.1, 0.15) is 0 Å². The Morgan fingerprint density at radius 2 is 2.08 bits per heavy atom. The van der Waals surface area contributed by atoms with E-state index in [1.54, 1.807) is 36.3 Å². The van der Waals surface area contributed by atoms with E-state index < -0.39 is 0 Å². The summed E-state index contributed by atoms with van der Waals surface area (Å²) in [5, 5.41) is 11.4. The third-order valence-electron chi connectivity index (χ3n) is 3.13. The molecule has 3 rings (SSSR count). The standard InChI is InChI=1S/C16H15N5O2S/c1-23-13-7-3-2-6-12(13)19-15(22)10-24-16-20-18-11-21(16)14-8-4-5-9-17-14/h2-9,11H,10H2,1H3,(H,19,22). The van der Waals surface area contributed by atoms with Crippen LogP contribution in [0.3, 0.4) is 0 Å². The third kappa shape index (κ3) is 3.72. The number of ether oxygens (including phenoxy) is 1. The Morgan fingerprint density at radius 3 is 2.88 bits per heavy atom. The molecule has 0 aliphatic carbocycles. The van der Waals surface area contributed by atoms with Crippen LogP contribution in [-0.2, 0) is 4.79 Å². The van der Waals surface area contributed by atoms with Crippen LogP contribution in [-0.4, -0.2) is 38.5 Å². The lowest BCUT2D eigenvalue weighted by molar-refractivity contribution is -0.113. The van der Waals surface area contributed by atoms with Crippen molar-refractivity contribution in [2.24, 2.45) is 0 Å². The SMILES string of the molecule is COc1ccccc1NC(=O)CSc1nncn1-c1ccccn1. The van der Waals surface area contributed by atoms with Gasteiger partial charge in [0.25, 0.3) is 0 Å². The average Bonchev–Trinajstić information content (AvgIpc) is 3.10. The number of pyridine rings is 1. The smallest absolute Gasteiger partial charge is 0.234 e. The van der Waals surface area contributed by atoms with Crippen LogP contribution in [0.4, 0.5) is 5.69 Å². The summed E-state index contributed by atoms with van der Waals surface area (Å²) < 4.78 is 6.95. The minimum absolute atomic E-state index is 0.153. The molecule has 0 aliphatic heterocycles. The highest BCUT2D eigenvalue weighted by Crippen LogP contribution is 2.24. The molecule has 0 fully saturated rings. The first-order valence-electron chi connectivity index (χ1n) is 7.15. The van der Waals surface area contributed by atoms with E-state index in [0.717, 1.165) is 0 Å². The number of thioether (sulfide) groups is 1. The maximum Gasteiger partial charge on any atom is 0.234 e. The van der Waals surface area contributed by atoms with Crippen molar-refractivity contribution in [3.63, 3.8) is 0 Å². The number of benzene rings is 1. The fourth-order valence-electron chi connectivity index (χ4n) is 2.04. The fourth-order valence-corrected chi connectivity index (χ4v) is 2.76. The van der Waals surface area contributed by atoms with Crippen molar-refractivity contribution in [2.75, 3.05) is 18.2 Å². The Kier molecular flexibility index (Phi) is 5.07. The van der Waals surface area contributed by atoms with E-state index in [4.69, 9.17) is 4.74 Å². The molecular formula is C16H15N5O2S. The summed E-state index contributed by atoms with van der Waals surface area (Å²) in [5.41, 5.74) is 0.636. The van der Waals surface area contributed by atoms with Gasteiger partial charge in [-0.05, 0) is 24.3 Å². The highest BCUT2D eigenvalue weighted by atomic mass is 32.2. The van der Waals surface area contributed by atoms with Gasteiger partial charge in [0.15, 0.2) is 5.16 Å². The molecule has 0 spiro atoms. The average molecular weight is 341 g/mol. The first-order valence-corrected chi connectivity index (χ1v) is 8.13. The first-order chi connectivity index (χ1) is 11.8. The van der Waals surface area contributed by atoms with Gasteiger partial charge in [-0.1, -0.05) is 30.0 Å². The molecular weight excluding hydrogens is 326 g/mol. The molecule has 0 unspecified atom stereocenters. The summed E-state index contributed by atoms with van der Waals surface area (Å²) in [6.45, 7) is 0. The molecule has 1 N–H and O–H groups in total. The van der Waals surface area contributed by atoms with Crippen molar-refractivity contribution in [3.05, 3.63) is 55.0 Å². The number of para-hydroxylation sites is 2. The minimum Gasteiger partial charge on any atom is -0.495 e. The molecule has 8 heteroatoms. The number of aromatic nitrogens is 4. The molecule has 0 aliphatic rings. The van der Waals surface area contributed by atoms with Gasteiger partial charge in [0, 0.05) is 6.20 Å². The van der Waals surface area contributed by atoms with Gasteiger partial charge in [0.05, 0.1) is 18.6 Å². The van der Waals surface area contributed by atoms with Gasteiger partial charge in [0.1, 0.15) is 17.9 Å². The highest BCUT2D eigenvalue weighted by molar-refractivity contribution is 7.99. The molecule has 0 bridgehead atoms. The van der Waals surface area contributed by atoms with E-state index in [1.165, 1.54) is 11.8 Å². The quantitative estimate of drug-likeness (QED) is 0.693. The summed E-state index contributed by atoms with van der Waals surface area (Å²) in [6.07, 6.45) is 3.26. The second-order valence-electron chi connectivity index (χ2n) is 4.71. The Labute approximate surface area is 143 Å². The molecule has 1 amide bonds. The van der Waals surface area contributed by atoms with Gasteiger partial charge >= 0.3 is 0 Å². The van der Waals surface area contributed by atoms with Gasteiger partial charge < -0.3 is 10.1 Å². The van der Waals surface area contributed by atoms with Crippen molar-refractivity contribution in [3.8, 4) is 11.6 Å². The van der Waals surface area contributed by atoms with E-state index >= 15 is 0 Å². The normalized spacial score (nSPS) is 10.4. The van der Waals surface area contributed by atoms with Gasteiger partial charge in [-0.2, -0.15) is 0 Å². The lowest BCUT2D eigenvalue weighted by Crippen LogP contribution is -2.15. The van der Waals surface area contributed by atoms with Crippen molar-refractivity contribution in [2.45, 2.75) is 5.16 Å². The number of methoxy groups -OCH3 is 1. The summed E-state index contributed by atoms with van der Waals surface area (Å²) in [5.74, 6) is 1.37. The number of carbonyl (C=O) groups excluding carboxylic acids is 1. The number of carbonyl (C=O) groups is 1. The first kappa shape index (κ1) is 16.0. The van der Waals surface area contributed by atoms with E-state index in [1.807, 2.05) is 30.3 Å². The molecule has 0 saturated heterocycles. The second-order valence-corrected chi connectivity index (χ2v) is 5.65. The summed E-state index contributed by atoms with van der Waals surface area (Å²) in [6, 6.07) is 12.8. The van der Waals surface area contributed by atoms with E-state index in [2.05, 4.69) is 20.5 Å². The van der Waals surface area contributed by atoms with Crippen LogP contribution in [0.15, 0.2) is 60.1 Å². The molecule has 3 aromatic rings. The van der Waals surface area contributed by atoms with Gasteiger partial charge in [-0.3, -0.25) is 9.36 Å². The van der Waals surface area contributed by atoms with Crippen molar-refractivity contribution in [1.82, 2.24) is 19.7 Å². The van der Waals surface area contributed by atoms with E-state index in [-0.39, 0.29) is 11.7 Å². The zero-order valence-electron chi connectivity index (χ0n) is 12.9. The van der Waals surface area contributed by atoms with Crippen LogP contribution in [0.25, 0.3) is 5.82 Å². The fraction of sp³-hybridized carbons (Fsp3) is 0.125.